The van der Waals surface area contributed by atoms with Gasteiger partial charge in [0, 0.05) is 35.7 Å². The fourth-order valence-corrected chi connectivity index (χ4v) is 4.86. The molecule has 0 radical (unpaired) electrons. The van der Waals surface area contributed by atoms with Gasteiger partial charge in [-0.2, -0.15) is 0 Å². The quantitative estimate of drug-likeness (QED) is 0.401. The molecule has 1 aliphatic heterocycles. The van der Waals surface area contributed by atoms with Crippen LogP contribution in [0.2, 0.25) is 0 Å². The van der Waals surface area contributed by atoms with Gasteiger partial charge >= 0.3 is 0 Å². The third-order valence-corrected chi connectivity index (χ3v) is 6.56. The van der Waals surface area contributed by atoms with Gasteiger partial charge in [0.15, 0.2) is 11.5 Å². The Balaban J connectivity index is 1.82. The maximum atomic E-state index is 13.3. The monoisotopic (exact) mass is 500 g/mol. The second kappa shape index (κ2) is 10.7. The molecule has 4 N–H and O–H groups in total. The molecule has 1 aromatic carbocycles. The Bertz CT molecular complexity index is 1130. The van der Waals surface area contributed by atoms with Gasteiger partial charge < -0.3 is 39.4 Å². The summed E-state index contributed by atoms with van der Waals surface area (Å²) >= 11 is 0. The Kier molecular flexibility index (Phi) is 7.67. The van der Waals surface area contributed by atoms with Gasteiger partial charge in [-0.1, -0.05) is 13.8 Å². The number of furan rings is 1. The number of nitrogens with zero attached hydrogens (tertiary/aromatic N) is 1. The zero-order chi connectivity index (χ0) is 26.0. The number of nitrogens with one attached hydrogen (secondary N) is 1. The van der Waals surface area contributed by atoms with E-state index >= 15 is 0 Å². The van der Waals surface area contributed by atoms with Crippen molar-refractivity contribution in [3.05, 3.63) is 59.1 Å². The summed E-state index contributed by atoms with van der Waals surface area (Å²) in [5, 5.41) is 33.2. The Hall–Kier alpha value is -3.34. The Morgan fingerprint density at radius 1 is 1.22 bits per heavy atom. The predicted molar refractivity (Wildman–Crippen MR) is 128 cm³/mol. The van der Waals surface area contributed by atoms with Crippen LogP contribution in [0.15, 0.2) is 46.8 Å². The fraction of sp³-hybridized carbons (Fsp3) is 0.462. The van der Waals surface area contributed by atoms with Crippen LogP contribution in [-0.2, 0) is 22.7 Å². The van der Waals surface area contributed by atoms with Gasteiger partial charge in [0.1, 0.15) is 12.2 Å². The van der Waals surface area contributed by atoms with Crippen molar-refractivity contribution in [3.8, 4) is 11.5 Å². The molecule has 2 heterocycles. The number of hydrogen-bond donors (Lipinski definition) is 4. The molecule has 1 aliphatic carbocycles. The number of hydrogen-bond acceptors (Lipinski definition) is 8. The summed E-state index contributed by atoms with van der Waals surface area (Å²) in [4.78, 5) is 28.1. The third-order valence-electron chi connectivity index (χ3n) is 6.56. The van der Waals surface area contributed by atoms with Gasteiger partial charge in [-0.25, -0.2) is 0 Å². The van der Waals surface area contributed by atoms with Crippen molar-refractivity contribution in [2.24, 2.45) is 5.92 Å². The lowest BCUT2D eigenvalue weighted by molar-refractivity contribution is -0.141. The van der Waals surface area contributed by atoms with E-state index in [1.54, 1.807) is 38.1 Å². The first kappa shape index (κ1) is 25.7. The van der Waals surface area contributed by atoms with Gasteiger partial charge in [-0.3, -0.25) is 9.59 Å². The second-order valence-corrected chi connectivity index (χ2v) is 9.27. The molecule has 10 nitrogen and oxygen atoms in total. The van der Waals surface area contributed by atoms with E-state index in [9.17, 15) is 24.9 Å². The van der Waals surface area contributed by atoms with Crippen molar-refractivity contribution in [1.29, 1.82) is 0 Å². The largest absolute Gasteiger partial charge is 0.493 e. The molecule has 0 bridgehead atoms. The number of amides is 2. The lowest BCUT2D eigenvalue weighted by Gasteiger charge is -2.41. The molecule has 4 unspecified atom stereocenters. The number of rotatable bonds is 9. The maximum absolute atomic E-state index is 13.3. The molecule has 10 heteroatoms. The Morgan fingerprint density at radius 3 is 2.61 bits per heavy atom. The summed E-state index contributed by atoms with van der Waals surface area (Å²) in [5.74, 6) is -0.937. The van der Waals surface area contributed by atoms with Gasteiger partial charge in [-0.05, 0) is 29.8 Å². The molecule has 4 atom stereocenters. The predicted octanol–water partition coefficient (Wildman–Crippen LogP) is 1.09. The molecule has 4 rings (SSSR count). The van der Waals surface area contributed by atoms with Crippen molar-refractivity contribution in [1.82, 2.24) is 10.2 Å². The molecular formula is C26H32N2O8. The van der Waals surface area contributed by atoms with Crippen LogP contribution in [0.3, 0.4) is 0 Å². The minimum absolute atomic E-state index is 0.0398. The molecule has 0 fully saturated rings. The smallest absolute Gasteiger partial charge is 0.247 e. The first-order chi connectivity index (χ1) is 17.3. The molecule has 194 valence electrons. The molecule has 2 aromatic rings. The lowest BCUT2D eigenvalue weighted by Crippen LogP contribution is -2.56. The van der Waals surface area contributed by atoms with Crippen LogP contribution in [0, 0.1) is 5.92 Å². The van der Waals surface area contributed by atoms with Crippen molar-refractivity contribution in [3.63, 3.8) is 0 Å². The van der Waals surface area contributed by atoms with Crippen molar-refractivity contribution < 1.29 is 38.8 Å². The number of benzene rings is 1. The average molecular weight is 501 g/mol. The Labute approximate surface area is 209 Å². The molecule has 0 spiro atoms. The number of carbonyl (C=O) groups excluding carboxylic acids is 2. The van der Waals surface area contributed by atoms with Gasteiger partial charge in [0.05, 0.1) is 44.8 Å². The van der Waals surface area contributed by atoms with Crippen molar-refractivity contribution in [2.75, 3.05) is 20.3 Å². The summed E-state index contributed by atoms with van der Waals surface area (Å²) in [6.45, 7) is 3.25. The number of methoxy groups -OCH3 is 1. The lowest BCUT2D eigenvalue weighted by atomic mass is 9.77. The highest BCUT2D eigenvalue weighted by Gasteiger charge is 2.51. The van der Waals surface area contributed by atoms with Crippen LogP contribution in [-0.4, -0.2) is 70.5 Å². The normalized spacial score (nSPS) is 22.4. The SMILES string of the molecule is COc1cc(CO)cc2c1OC1C2C(C(=O)NCCO)=CC(N(Cc2ccoc2)C(=O)C(C)C)C1O. The molecule has 2 aliphatic rings. The summed E-state index contributed by atoms with van der Waals surface area (Å²) in [6.07, 6.45) is 2.58. The van der Waals surface area contributed by atoms with E-state index < -0.39 is 30.1 Å². The second-order valence-electron chi connectivity index (χ2n) is 9.27. The van der Waals surface area contributed by atoms with Crippen molar-refractivity contribution >= 4 is 11.8 Å². The van der Waals surface area contributed by atoms with E-state index in [-0.39, 0.29) is 38.1 Å². The van der Waals surface area contributed by atoms with Crippen LogP contribution in [0.5, 0.6) is 11.5 Å². The fourth-order valence-electron chi connectivity index (χ4n) is 4.86. The van der Waals surface area contributed by atoms with Crippen LogP contribution in [0.4, 0.5) is 0 Å². The van der Waals surface area contributed by atoms with E-state index in [0.29, 0.717) is 28.2 Å². The third kappa shape index (κ3) is 4.71. The highest BCUT2D eigenvalue weighted by Crippen LogP contribution is 2.51. The van der Waals surface area contributed by atoms with E-state index in [2.05, 4.69) is 5.32 Å². The summed E-state index contributed by atoms with van der Waals surface area (Å²) in [6, 6.07) is 4.23. The van der Waals surface area contributed by atoms with Crippen LogP contribution < -0.4 is 14.8 Å². The number of aliphatic hydroxyl groups is 3. The van der Waals surface area contributed by atoms with Gasteiger partial charge in [-0.15, -0.1) is 0 Å². The average Bonchev–Trinajstić information content (AvgIpc) is 3.53. The van der Waals surface area contributed by atoms with Crippen LogP contribution >= 0.6 is 0 Å². The van der Waals surface area contributed by atoms with Crippen LogP contribution in [0.25, 0.3) is 0 Å². The summed E-state index contributed by atoms with van der Waals surface area (Å²) in [7, 11) is 1.47. The van der Waals surface area contributed by atoms with Gasteiger partial charge in [0.2, 0.25) is 11.8 Å². The zero-order valence-corrected chi connectivity index (χ0v) is 20.5. The first-order valence-electron chi connectivity index (χ1n) is 11.9. The van der Waals surface area contributed by atoms with E-state index in [1.165, 1.54) is 24.5 Å². The molecule has 36 heavy (non-hydrogen) atoms. The van der Waals surface area contributed by atoms with Crippen LogP contribution in [0.1, 0.15) is 36.5 Å². The van der Waals surface area contributed by atoms with E-state index in [4.69, 9.17) is 13.9 Å². The summed E-state index contributed by atoms with van der Waals surface area (Å²) in [5.41, 5.74) is 2.21. The minimum atomic E-state index is -1.17. The number of aliphatic hydroxyl groups excluding tert-OH is 3. The number of fused-ring (bicyclic) bond motifs is 3. The first-order valence-corrected chi connectivity index (χ1v) is 11.9. The molecular weight excluding hydrogens is 468 g/mol. The number of carbonyl (C=O) groups is 2. The maximum Gasteiger partial charge on any atom is 0.247 e. The molecule has 0 saturated heterocycles. The topological polar surface area (TPSA) is 142 Å². The summed E-state index contributed by atoms with van der Waals surface area (Å²) < 4.78 is 16.8. The standard InChI is InChI=1S/C26H32N2O8/c1-14(2)26(33)28(11-15-4-7-35-13-15)19-10-18(25(32)27-5-6-29)21-17-8-16(12-30)9-20(34-3)23(17)36-24(21)22(19)31/h4,7-10,13-14,19,21-22,24,29-31H,5-6,11-12H2,1-3H3,(H,27,32). The highest BCUT2D eigenvalue weighted by molar-refractivity contribution is 5.96. The Morgan fingerprint density at radius 2 is 2.00 bits per heavy atom. The van der Waals surface area contributed by atoms with Crippen molar-refractivity contribution in [2.45, 2.75) is 51.2 Å². The molecule has 0 saturated carbocycles. The minimum Gasteiger partial charge on any atom is -0.493 e. The highest BCUT2D eigenvalue weighted by atomic mass is 16.5. The van der Waals surface area contributed by atoms with E-state index in [1.807, 2.05) is 0 Å². The number of ether oxygens (including phenoxy) is 2. The zero-order valence-electron chi connectivity index (χ0n) is 20.5. The molecule has 1 aromatic heterocycles. The van der Waals surface area contributed by atoms with E-state index in [0.717, 1.165) is 5.56 Å². The molecule has 2 amide bonds. The van der Waals surface area contributed by atoms with Gasteiger partial charge in [0.25, 0.3) is 0 Å².